The van der Waals surface area contributed by atoms with Crippen molar-refractivity contribution in [1.29, 1.82) is 0 Å². The molecule has 0 saturated heterocycles. The van der Waals surface area contributed by atoms with E-state index in [1.165, 1.54) is 10.6 Å². The van der Waals surface area contributed by atoms with Gasteiger partial charge in [0.1, 0.15) is 5.75 Å². The number of hydrogen-bond acceptors (Lipinski definition) is 3. The van der Waals surface area contributed by atoms with E-state index in [2.05, 4.69) is 33.4 Å². The number of benzene rings is 1. The third-order valence-corrected chi connectivity index (χ3v) is 4.09. The zero-order chi connectivity index (χ0) is 14.5. The molecule has 0 aliphatic carbocycles. The van der Waals surface area contributed by atoms with Crippen LogP contribution in [0.5, 0.6) is 5.75 Å². The summed E-state index contributed by atoms with van der Waals surface area (Å²) in [7, 11) is 1.67. The number of aromatic nitrogens is 1. The van der Waals surface area contributed by atoms with E-state index in [0.717, 1.165) is 11.3 Å². The molecule has 21 heavy (non-hydrogen) atoms. The monoisotopic (exact) mass is 296 g/mol. The summed E-state index contributed by atoms with van der Waals surface area (Å²) in [6.45, 7) is 0.692. The van der Waals surface area contributed by atoms with Gasteiger partial charge in [0.25, 0.3) is 0 Å². The van der Waals surface area contributed by atoms with E-state index >= 15 is 0 Å². The smallest absolute Gasteiger partial charge is 0.118 e. The number of rotatable bonds is 5. The number of methoxy groups -OCH3 is 1. The van der Waals surface area contributed by atoms with Gasteiger partial charge in [-0.3, -0.25) is 4.99 Å². The Hall–Kier alpha value is -2.33. The number of nitrogens with zero attached hydrogens (tertiary/aromatic N) is 2. The first kappa shape index (κ1) is 13.6. The maximum absolute atomic E-state index is 5.14. The summed E-state index contributed by atoms with van der Waals surface area (Å²) in [5, 5.41) is 2.10. The molecule has 3 rings (SSSR count). The maximum atomic E-state index is 5.14. The Labute approximate surface area is 128 Å². The van der Waals surface area contributed by atoms with E-state index in [0.29, 0.717) is 6.54 Å². The van der Waals surface area contributed by atoms with Gasteiger partial charge in [-0.1, -0.05) is 0 Å². The van der Waals surface area contributed by atoms with Crippen molar-refractivity contribution in [3.8, 4) is 11.4 Å². The first-order valence-electron chi connectivity index (χ1n) is 6.70. The molecule has 0 amide bonds. The summed E-state index contributed by atoms with van der Waals surface area (Å²) in [5.74, 6) is 0.861. The highest BCUT2D eigenvalue weighted by molar-refractivity contribution is 7.10. The number of thiophene rings is 1. The van der Waals surface area contributed by atoms with Crippen molar-refractivity contribution in [3.63, 3.8) is 0 Å². The van der Waals surface area contributed by atoms with Crippen molar-refractivity contribution < 1.29 is 4.74 Å². The number of ether oxygens (including phenoxy) is 1. The molecule has 0 unspecified atom stereocenters. The van der Waals surface area contributed by atoms with E-state index in [9.17, 15) is 0 Å². The Balaban J connectivity index is 1.70. The zero-order valence-corrected chi connectivity index (χ0v) is 12.6. The van der Waals surface area contributed by atoms with Gasteiger partial charge in [0.15, 0.2) is 0 Å². The second-order valence-corrected chi connectivity index (χ2v) is 5.56. The van der Waals surface area contributed by atoms with E-state index in [1.807, 2.05) is 42.6 Å². The summed E-state index contributed by atoms with van der Waals surface area (Å²) < 4.78 is 7.26. The van der Waals surface area contributed by atoms with Crippen LogP contribution in [0.25, 0.3) is 5.69 Å². The van der Waals surface area contributed by atoms with Crippen molar-refractivity contribution in [2.75, 3.05) is 7.11 Å². The third-order valence-electron chi connectivity index (χ3n) is 3.20. The average Bonchev–Trinajstić information content (AvgIpc) is 3.18. The third kappa shape index (κ3) is 3.23. The van der Waals surface area contributed by atoms with Crippen molar-refractivity contribution in [3.05, 3.63) is 70.7 Å². The Morgan fingerprint density at radius 1 is 1.14 bits per heavy atom. The van der Waals surface area contributed by atoms with Crippen molar-refractivity contribution in [2.45, 2.75) is 6.54 Å². The summed E-state index contributed by atoms with van der Waals surface area (Å²) in [5.41, 5.74) is 2.28. The van der Waals surface area contributed by atoms with Crippen LogP contribution in [0.15, 0.2) is 65.2 Å². The maximum Gasteiger partial charge on any atom is 0.118 e. The zero-order valence-electron chi connectivity index (χ0n) is 11.8. The van der Waals surface area contributed by atoms with E-state index in [1.54, 1.807) is 18.4 Å². The number of aliphatic imine (C=N–C) groups is 1. The van der Waals surface area contributed by atoms with E-state index < -0.39 is 0 Å². The Kier molecular flexibility index (Phi) is 4.17. The molecule has 106 valence electrons. The first-order chi connectivity index (χ1) is 10.4. The van der Waals surface area contributed by atoms with Crippen molar-refractivity contribution in [2.24, 2.45) is 4.99 Å². The summed E-state index contributed by atoms with van der Waals surface area (Å²) in [4.78, 5) is 5.80. The molecule has 0 radical (unpaired) electrons. The van der Waals surface area contributed by atoms with Gasteiger partial charge in [0.05, 0.1) is 19.3 Å². The van der Waals surface area contributed by atoms with E-state index in [4.69, 9.17) is 4.74 Å². The molecule has 0 fully saturated rings. The summed E-state index contributed by atoms with van der Waals surface area (Å²) >= 11 is 1.73. The fourth-order valence-corrected chi connectivity index (χ4v) is 2.91. The van der Waals surface area contributed by atoms with Crippen LogP contribution in [0.3, 0.4) is 0 Å². The minimum Gasteiger partial charge on any atom is -0.497 e. The summed E-state index contributed by atoms with van der Waals surface area (Å²) in [6, 6.07) is 14.1. The second kappa shape index (κ2) is 6.41. The highest BCUT2D eigenvalue weighted by Crippen LogP contribution is 2.22. The lowest BCUT2D eigenvalue weighted by atomic mass is 10.2. The lowest BCUT2D eigenvalue weighted by Gasteiger charge is -2.02. The SMILES string of the molecule is COc1ccc(C=NCc2sccc2-n2cccc2)cc1. The molecule has 4 heteroatoms. The van der Waals surface area contributed by atoms with Crippen LogP contribution in [-0.4, -0.2) is 17.9 Å². The van der Waals surface area contributed by atoms with Crippen LogP contribution >= 0.6 is 11.3 Å². The quantitative estimate of drug-likeness (QED) is 0.649. The normalized spacial score (nSPS) is 11.1. The van der Waals surface area contributed by atoms with Crippen LogP contribution in [0, 0.1) is 0 Å². The lowest BCUT2D eigenvalue weighted by Crippen LogP contribution is -1.92. The van der Waals surface area contributed by atoms with Gasteiger partial charge < -0.3 is 9.30 Å². The molecule has 3 nitrogen and oxygen atoms in total. The van der Waals surface area contributed by atoms with E-state index in [-0.39, 0.29) is 0 Å². The topological polar surface area (TPSA) is 26.5 Å². The molecular formula is C17H16N2OS. The molecule has 0 aliphatic rings. The van der Waals surface area contributed by atoms with Crippen molar-refractivity contribution in [1.82, 2.24) is 4.57 Å². The highest BCUT2D eigenvalue weighted by Gasteiger charge is 2.04. The molecule has 0 saturated carbocycles. The molecule has 0 atom stereocenters. The molecule has 2 heterocycles. The van der Waals surface area contributed by atoms with Crippen LogP contribution < -0.4 is 4.74 Å². The minimum absolute atomic E-state index is 0.692. The van der Waals surface area contributed by atoms with Crippen LogP contribution in [0.4, 0.5) is 0 Å². The fraction of sp³-hybridized carbons (Fsp3) is 0.118. The van der Waals surface area contributed by atoms with Crippen molar-refractivity contribution >= 4 is 17.6 Å². The van der Waals surface area contributed by atoms with Crippen LogP contribution in [-0.2, 0) is 6.54 Å². The van der Waals surface area contributed by atoms with Gasteiger partial charge >= 0.3 is 0 Å². The average molecular weight is 296 g/mol. The van der Waals surface area contributed by atoms with Gasteiger partial charge in [-0.05, 0) is 53.4 Å². The van der Waals surface area contributed by atoms with Gasteiger partial charge in [-0.15, -0.1) is 11.3 Å². The number of hydrogen-bond donors (Lipinski definition) is 0. The molecule has 0 spiro atoms. The Morgan fingerprint density at radius 3 is 2.62 bits per heavy atom. The lowest BCUT2D eigenvalue weighted by molar-refractivity contribution is 0.415. The molecule has 3 aromatic rings. The second-order valence-electron chi connectivity index (χ2n) is 4.56. The van der Waals surface area contributed by atoms with Gasteiger partial charge in [-0.25, -0.2) is 0 Å². The Morgan fingerprint density at radius 2 is 1.90 bits per heavy atom. The van der Waals surface area contributed by atoms with Gasteiger partial charge in [0.2, 0.25) is 0 Å². The molecule has 0 N–H and O–H groups in total. The predicted molar refractivity (Wildman–Crippen MR) is 87.9 cm³/mol. The predicted octanol–water partition coefficient (Wildman–Crippen LogP) is 4.17. The van der Waals surface area contributed by atoms with Crippen LogP contribution in [0.2, 0.25) is 0 Å². The summed E-state index contributed by atoms with van der Waals surface area (Å²) in [6.07, 6.45) is 6.01. The minimum atomic E-state index is 0.692. The Bertz CT molecular complexity index is 712. The standard InChI is InChI=1S/C17H16N2OS/c1-20-15-6-4-14(5-7-15)12-18-13-17-16(8-11-21-17)19-9-2-3-10-19/h2-12H,13H2,1H3. The first-order valence-corrected chi connectivity index (χ1v) is 7.58. The molecule has 2 aromatic heterocycles. The fourth-order valence-electron chi connectivity index (χ4n) is 2.10. The van der Waals surface area contributed by atoms with Gasteiger partial charge in [-0.2, -0.15) is 0 Å². The molecule has 0 aliphatic heterocycles. The molecular weight excluding hydrogens is 280 g/mol. The van der Waals surface area contributed by atoms with Gasteiger partial charge in [0, 0.05) is 23.5 Å². The molecule has 0 bridgehead atoms. The molecule has 1 aromatic carbocycles. The van der Waals surface area contributed by atoms with Crippen LogP contribution in [0.1, 0.15) is 10.4 Å². The largest absolute Gasteiger partial charge is 0.497 e. The highest BCUT2D eigenvalue weighted by atomic mass is 32.1.